The van der Waals surface area contributed by atoms with Crippen LogP contribution in [0.3, 0.4) is 0 Å². The SMILES string of the molecule is CCOC(=O)CC(=O)CSc1cccc(NC(=O)/C(=C/c2ccccc2Cl)NC(=O)c2ccccc2)c1. The first-order valence-corrected chi connectivity index (χ1v) is 12.8. The molecule has 190 valence electrons. The Labute approximate surface area is 224 Å². The van der Waals surface area contributed by atoms with Crippen molar-refractivity contribution in [2.24, 2.45) is 0 Å². The number of benzene rings is 3. The number of carbonyl (C=O) groups is 4. The summed E-state index contributed by atoms with van der Waals surface area (Å²) in [7, 11) is 0. The standard InChI is InChI=1S/C28H25ClN2O5S/c1-2-36-26(33)17-22(32)18-37-23-13-8-12-21(16-23)30-28(35)25(15-20-11-6-7-14-24(20)29)31-27(34)19-9-4-3-5-10-19/h3-16H,2,17-18H2,1H3,(H,30,35)(H,31,34)/b25-15-. The zero-order valence-corrected chi connectivity index (χ0v) is 21.6. The van der Waals surface area contributed by atoms with Crippen molar-refractivity contribution in [2.45, 2.75) is 18.2 Å². The number of halogens is 1. The van der Waals surface area contributed by atoms with Crippen LogP contribution in [0.1, 0.15) is 29.3 Å². The second kappa shape index (κ2) is 14.0. The third-order valence-corrected chi connectivity index (χ3v) is 6.27. The van der Waals surface area contributed by atoms with Gasteiger partial charge in [0.2, 0.25) is 0 Å². The molecule has 0 aliphatic heterocycles. The Morgan fingerprint density at radius 1 is 0.946 bits per heavy atom. The van der Waals surface area contributed by atoms with E-state index in [9.17, 15) is 19.2 Å². The smallest absolute Gasteiger partial charge is 0.313 e. The van der Waals surface area contributed by atoms with Crippen LogP contribution in [0.25, 0.3) is 6.08 Å². The highest BCUT2D eigenvalue weighted by atomic mass is 35.5. The molecule has 0 aromatic heterocycles. The molecule has 0 radical (unpaired) electrons. The topological polar surface area (TPSA) is 102 Å². The number of thioether (sulfide) groups is 1. The lowest BCUT2D eigenvalue weighted by atomic mass is 10.1. The molecule has 37 heavy (non-hydrogen) atoms. The van der Waals surface area contributed by atoms with Crippen LogP contribution in [0.4, 0.5) is 5.69 Å². The fourth-order valence-corrected chi connectivity index (χ4v) is 4.15. The summed E-state index contributed by atoms with van der Waals surface area (Å²) < 4.78 is 4.80. The molecule has 0 aliphatic carbocycles. The highest BCUT2D eigenvalue weighted by molar-refractivity contribution is 8.00. The first-order valence-electron chi connectivity index (χ1n) is 11.4. The number of rotatable bonds is 11. The minimum atomic E-state index is -0.551. The zero-order chi connectivity index (χ0) is 26.6. The monoisotopic (exact) mass is 536 g/mol. The Kier molecular flexibility index (Phi) is 10.5. The molecule has 2 amide bonds. The molecule has 0 heterocycles. The summed E-state index contributed by atoms with van der Waals surface area (Å²) in [6, 6.07) is 22.4. The number of ether oxygens (including phenoxy) is 1. The molecule has 0 unspecified atom stereocenters. The summed E-state index contributed by atoms with van der Waals surface area (Å²) >= 11 is 7.51. The Balaban J connectivity index is 1.74. The zero-order valence-electron chi connectivity index (χ0n) is 20.0. The van der Waals surface area contributed by atoms with Crippen molar-refractivity contribution >= 4 is 58.7 Å². The summed E-state index contributed by atoms with van der Waals surface area (Å²) in [6.45, 7) is 1.90. The lowest BCUT2D eigenvalue weighted by Crippen LogP contribution is -2.30. The van der Waals surface area contributed by atoms with E-state index in [-0.39, 0.29) is 30.3 Å². The lowest BCUT2D eigenvalue weighted by molar-refractivity contribution is -0.145. The molecule has 0 bridgehead atoms. The number of hydrogen-bond acceptors (Lipinski definition) is 6. The molecule has 0 fully saturated rings. The van der Waals surface area contributed by atoms with Crippen LogP contribution in [-0.2, 0) is 19.1 Å². The number of carbonyl (C=O) groups excluding carboxylic acids is 4. The van der Waals surface area contributed by atoms with Gasteiger partial charge in [-0.1, -0.05) is 54.1 Å². The summed E-state index contributed by atoms with van der Waals surface area (Å²) in [5, 5.41) is 5.87. The van der Waals surface area contributed by atoms with Gasteiger partial charge in [-0.05, 0) is 55.0 Å². The third-order valence-electron chi connectivity index (χ3n) is 4.87. The van der Waals surface area contributed by atoms with Gasteiger partial charge in [0.25, 0.3) is 11.8 Å². The molecule has 0 aliphatic rings. The average molecular weight is 537 g/mol. The van der Waals surface area contributed by atoms with Gasteiger partial charge in [-0.3, -0.25) is 19.2 Å². The molecule has 0 spiro atoms. The van der Waals surface area contributed by atoms with E-state index in [0.717, 1.165) is 4.90 Å². The molecule has 2 N–H and O–H groups in total. The molecule has 3 aromatic carbocycles. The van der Waals surface area contributed by atoms with Gasteiger partial charge >= 0.3 is 5.97 Å². The van der Waals surface area contributed by atoms with Crippen molar-refractivity contribution in [1.82, 2.24) is 5.32 Å². The fourth-order valence-electron chi connectivity index (χ4n) is 3.14. The quantitative estimate of drug-likeness (QED) is 0.148. The first kappa shape index (κ1) is 27.7. The Morgan fingerprint density at radius 2 is 1.68 bits per heavy atom. The van der Waals surface area contributed by atoms with Crippen molar-refractivity contribution in [3.63, 3.8) is 0 Å². The van der Waals surface area contributed by atoms with Gasteiger partial charge in [0, 0.05) is 21.2 Å². The van der Waals surface area contributed by atoms with Crippen molar-refractivity contribution in [3.8, 4) is 0 Å². The maximum atomic E-state index is 13.2. The number of Topliss-reactive ketones (excluding diaryl/α,β-unsaturated/α-hetero) is 1. The van der Waals surface area contributed by atoms with E-state index in [0.29, 0.717) is 21.8 Å². The summed E-state index contributed by atoms with van der Waals surface area (Å²) in [5.74, 6) is -1.72. The number of nitrogens with one attached hydrogen (secondary N) is 2. The number of anilines is 1. The van der Waals surface area contributed by atoms with Gasteiger partial charge in [0.15, 0.2) is 5.78 Å². The average Bonchev–Trinajstić information content (AvgIpc) is 2.89. The van der Waals surface area contributed by atoms with Gasteiger partial charge < -0.3 is 15.4 Å². The highest BCUT2D eigenvalue weighted by Crippen LogP contribution is 2.23. The second-order valence-electron chi connectivity index (χ2n) is 7.69. The largest absolute Gasteiger partial charge is 0.466 e. The minimum absolute atomic E-state index is 0.00428. The summed E-state index contributed by atoms with van der Waals surface area (Å²) in [4.78, 5) is 50.2. The van der Waals surface area contributed by atoms with E-state index >= 15 is 0 Å². The molecule has 3 rings (SSSR count). The Bertz CT molecular complexity index is 1310. The van der Waals surface area contributed by atoms with Crippen LogP contribution >= 0.6 is 23.4 Å². The number of hydrogen-bond donors (Lipinski definition) is 2. The van der Waals surface area contributed by atoms with Gasteiger partial charge in [-0.25, -0.2) is 0 Å². The van der Waals surface area contributed by atoms with Crippen LogP contribution in [0.15, 0.2) is 89.5 Å². The molecule has 3 aromatic rings. The summed E-state index contributed by atoms with van der Waals surface area (Å²) in [5.41, 5.74) is 1.43. The fraction of sp³-hybridized carbons (Fsp3) is 0.143. The number of esters is 1. The van der Waals surface area contributed by atoms with Crippen molar-refractivity contribution < 1.29 is 23.9 Å². The highest BCUT2D eigenvalue weighted by Gasteiger charge is 2.16. The molecule has 9 heteroatoms. The van der Waals surface area contributed by atoms with Crippen molar-refractivity contribution in [2.75, 3.05) is 17.7 Å². The van der Waals surface area contributed by atoms with E-state index in [2.05, 4.69) is 10.6 Å². The normalized spacial score (nSPS) is 10.9. The van der Waals surface area contributed by atoms with Gasteiger partial charge in [0.05, 0.1) is 12.4 Å². The van der Waals surface area contributed by atoms with E-state index in [1.807, 2.05) is 0 Å². The minimum Gasteiger partial charge on any atom is -0.466 e. The second-order valence-corrected chi connectivity index (χ2v) is 9.15. The summed E-state index contributed by atoms with van der Waals surface area (Å²) in [6.07, 6.45) is 1.22. The lowest BCUT2D eigenvalue weighted by Gasteiger charge is -2.12. The van der Waals surface area contributed by atoms with Crippen LogP contribution in [0.2, 0.25) is 5.02 Å². The predicted molar refractivity (Wildman–Crippen MR) is 145 cm³/mol. The first-order chi connectivity index (χ1) is 17.9. The number of ketones is 1. The molecule has 0 atom stereocenters. The van der Waals surface area contributed by atoms with Crippen LogP contribution < -0.4 is 10.6 Å². The van der Waals surface area contributed by atoms with Crippen molar-refractivity contribution in [1.29, 1.82) is 0 Å². The maximum Gasteiger partial charge on any atom is 0.313 e. The third kappa shape index (κ3) is 8.93. The molecule has 0 saturated carbocycles. The van der Waals surface area contributed by atoms with Crippen molar-refractivity contribution in [3.05, 3.63) is 101 Å². The molecule has 7 nitrogen and oxygen atoms in total. The van der Waals surface area contributed by atoms with E-state index in [4.69, 9.17) is 16.3 Å². The maximum absolute atomic E-state index is 13.2. The van der Waals surface area contributed by atoms with Gasteiger partial charge in [-0.15, -0.1) is 11.8 Å². The van der Waals surface area contributed by atoms with Crippen LogP contribution in [-0.4, -0.2) is 35.9 Å². The predicted octanol–water partition coefficient (Wildman–Crippen LogP) is 5.36. The van der Waals surface area contributed by atoms with Gasteiger partial charge in [-0.2, -0.15) is 0 Å². The Morgan fingerprint density at radius 3 is 2.41 bits per heavy atom. The molecular formula is C28H25ClN2O5S. The van der Waals surface area contributed by atoms with E-state index in [1.165, 1.54) is 17.8 Å². The van der Waals surface area contributed by atoms with E-state index in [1.54, 1.807) is 85.8 Å². The van der Waals surface area contributed by atoms with Crippen LogP contribution in [0.5, 0.6) is 0 Å². The molecule has 0 saturated heterocycles. The molecular weight excluding hydrogens is 512 g/mol. The van der Waals surface area contributed by atoms with Crippen LogP contribution in [0, 0.1) is 0 Å². The van der Waals surface area contributed by atoms with E-state index < -0.39 is 17.8 Å². The number of amides is 2. The Hall–Kier alpha value is -3.88. The van der Waals surface area contributed by atoms with Gasteiger partial charge in [0.1, 0.15) is 12.1 Å².